The molecule has 2 rings (SSSR count). The number of rotatable bonds is 1. The van der Waals surface area contributed by atoms with Gasteiger partial charge >= 0.3 is 0 Å². The largest absolute Gasteiger partial charge is 0.366 e. The number of hydrogen-bond donors (Lipinski definition) is 2. The molecule has 0 fully saturated rings. The summed E-state index contributed by atoms with van der Waals surface area (Å²) in [5.74, 6) is 0.274. The zero-order chi connectivity index (χ0) is 8.55. The van der Waals surface area contributed by atoms with Crippen LogP contribution in [-0.2, 0) is 6.54 Å². The first kappa shape index (κ1) is 7.05. The van der Waals surface area contributed by atoms with E-state index >= 15 is 0 Å². The zero-order valence-electron chi connectivity index (χ0n) is 6.44. The van der Waals surface area contributed by atoms with E-state index in [1.165, 1.54) is 0 Å². The number of hydrogen-bond acceptors (Lipinski definition) is 4. The van der Waals surface area contributed by atoms with E-state index in [0.29, 0.717) is 6.54 Å². The molecular formula is C7H9N5. The van der Waals surface area contributed by atoms with Crippen molar-refractivity contribution in [2.45, 2.75) is 6.54 Å². The van der Waals surface area contributed by atoms with E-state index in [4.69, 9.17) is 11.5 Å². The van der Waals surface area contributed by atoms with Crippen LogP contribution in [0.5, 0.6) is 0 Å². The molecule has 62 valence electrons. The number of fused-ring (bicyclic) bond motifs is 1. The first-order chi connectivity index (χ1) is 5.81. The summed E-state index contributed by atoms with van der Waals surface area (Å²) in [6.45, 7) is 0.431. The van der Waals surface area contributed by atoms with Gasteiger partial charge in [-0.05, 0) is 12.1 Å². The van der Waals surface area contributed by atoms with Crippen molar-refractivity contribution >= 4 is 11.6 Å². The van der Waals surface area contributed by atoms with Crippen molar-refractivity contribution in [3.63, 3.8) is 0 Å². The molecule has 2 aromatic heterocycles. The minimum atomic E-state index is 0.274. The number of nitrogens with zero attached hydrogens (tertiary/aromatic N) is 3. The Morgan fingerprint density at radius 2 is 2.25 bits per heavy atom. The highest BCUT2D eigenvalue weighted by molar-refractivity contribution is 5.42. The normalized spacial score (nSPS) is 10.8. The SMILES string of the molecule is NCc1cccc2nc(N)nn12. The molecule has 0 amide bonds. The van der Waals surface area contributed by atoms with E-state index in [1.807, 2.05) is 18.2 Å². The highest BCUT2D eigenvalue weighted by Crippen LogP contribution is 2.05. The lowest BCUT2D eigenvalue weighted by Crippen LogP contribution is -2.04. The van der Waals surface area contributed by atoms with Crippen molar-refractivity contribution in [2.24, 2.45) is 5.73 Å². The van der Waals surface area contributed by atoms with E-state index in [-0.39, 0.29) is 5.95 Å². The second kappa shape index (κ2) is 2.46. The Labute approximate surface area is 69.0 Å². The summed E-state index contributed by atoms with van der Waals surface area (Å²) in [5, 5.41) is 3.99. The lowest BCUT2D eigenvalue weighted by Gasteiger charge is -1.97. The molecule has 0 unspecified atom stereocenters. The lowest BCUT2D eigenvalue weighted by molar-refractivity contribution is 0.853. The average molecular weight is 163 g/mol. The predicted molar refractivity (Wildman–Crippen MR) is 45.3 cm³/mol. The molecule has 0 radical (unpaired) electrons. The molecule has 12 heavy (non-hydrogen) atoms. The summed E-state index contributed by atoms with van der Waals surface area (Å²) in [7, 11) is 0. The van der Waals surface area contributed by atoms with Crippen LogP contribution in [0.25, 0.3) is 5.65 Å². The van der Waals surface area contributed by atoms with E-state index in [2.05, 4.69) is 10.1 Å². The third-order valence-corrected chi connectivity index (χ3v) is 1.66. The monoisotopic (exact) mass is 163 g/mol. The van der Waals surface area contributed by atoms with Crippen molar-refractivity contribution in [3.05, 3.63) is 23.9 Å². The van der Waals surface area contributed by atoms with Crippen molar-refractivity contribution < 1.29 is 0 Å². The number of nitrogens with two attached hydrogens (primary N) is 2. The molecule has 0 bridgehead atoms. The fraction of sp³-hybridized carbons (Fsp3) is 0.143. The summed E-state index contributed by atoms with van der Waals surface area (Å²) in [6.07, 6.45) is 0. The minimum absolute atomic E-state index is 0.274. The molecule has 0 saturated heterocycles. The van der Waals surface area contributed by atoms with Crippen molar-refractivity contribution in [1.29, 1.82) is 0 Å². The number of anilines is 1. The number of aromatic nitrogens is 3. The van der Waals surface area contributed by atoms with Gasteiger partial charge in [-0.15, -0.1) is 5.10 Å². The van der Waals surface area contributed by atoms with Gasteiger partial charge in [0.1, 0.15) is 0 Å². The molecule has 0 saturated carbocycles. The van der Waals surface area contributed by atoms with Crippen LogP contribution in [-0.4, -0.2) is 14.6 Å². The Morgan fingerprint density at radius 1 is 1.42 bits per heavy atom. The van der Waals surface area contributed by atoms with Crippen LogP contribution in [0.4, 0.5) is 5.95 Å². The highest BCUT2D eigenvalue weighted by Gasteiger charge is 2.01. The standard InChI is InChI=1S/C7H9N5/c8-4-5-2-1-3-6-10-7(9)11-12(5)6/h1-3H,4,8H2,(H2,9,11). The Bertz CT molecular complexity index is 405. The smallest absolute Gasteiger partial charge is 0.240 e. The Hall–Kier alpha value is -1.62. The lowest BCUT2D eigenvalue weighted by atomic mass is 10.3. The molecule has 0 aliphatic carbocycles. The van der Waals surface area contributed by atoms with Gasteiger partial charge < -0.3 is 11.5 Å². The Morgan fingerprint density at radius 3 is 3.00 bits per heavy atom. The van der Waals surface area contributed by atoms with Crippen LogP contribution in [0.3, 0.4) is 0 Å². The van der Waals surface area contributed by atoms with E-state index in [9.17, 15) is 0 Å². The van der Waals surface area contributed by atoms with E-state index in [0.717, 1.165) is 11.3 Å². The summed E-state index contributed by atoms with van der Waals surface area (Å²) in [6, 6.07) is 5.61. The fourth-order valence-electron chi connectivity index (χ4n) is 1.13. The van der Waals surface area contributed by atoms with Crippen molar-refractivity contribution in [1.82, 2.24) is 14.6 Å². The molecule has 2 heterocycles. The third-order valence-electron chi connectivity index (χ3n) is 1.66. The van der Waals surface area contributed by atoms with Gasteiger partial charge in [0.25, 0.3) is 0 Å². The molecule has 5 heteroatoms. The molecule has 0 atom stereocenters. The minimum Gasteiger partial charge on any atom is -0.366 e. The maximum absolute atomic E-state index is 5.50. The van der Waals surface area contributed by atoms with Gasteiger partial charge in [-0.25, -0.2) is 4.52 Å². The van der Waals surface area contributed by atoms with Crippen LogP contribution in [0.15, 0.2) is 18.2 Å². The zero-order valence-corrected chi connectivity index (χ0v) is 6.44. The van der Waals surface area contributed by atoms with Gasteiger partial charge in [0.15, 0.2) is 5.65 Å². The molecule has 0 spiro atoms. The molecule has 2 aromatic rings. The summed E-state index contributed by atoms with van der Waals surface area (Å²) in [4.78, 5) is 4.00. The maximum Gasteiger partial charge on any atom is 0.240 e. The predicted octanol–water partition coefficient (Wildman–Crippen LogP) is -0.230. The van der Waals surface area contributed by atoms with Crippen LogP contribution in [0.1, 0.15) is 5.69 Å². The van der Waals surface area contributed by atoms with Gasteiger partial charge in [0, 0.05) is 6.54 Å². The van der Waals surface area contributed by atoms with Gasteiger partial charge in [0.2, 0.25) is 5.95 Å². The van der Waals surface area contributed by atoms with Gasteiger partial charge in [-0.1, -0.05) is 6.07 Å². The van der Waals surface area contributed by atoms with Crippen molar-refractivity contribution in [3.8, 4) is 0 Å². The van der Waals surface area contributed by atoms with Crippen LogP contribution in [0, 0.1) is 0 Å². The summed E-state index contributed by atoms with van der Waals surface area (Å²) >= 11 is 0. The summed E-state index contributed by atoms with van der Waals surface area (Å²) in [5.41, 5.74) is 12.6. The maximum atomic E-state index is 5.50. The highest BCUT2D eigenvalue weighted by atomic mass is 15.3. The van der Waals surface area contributed by atoms with Gasteiger partial charge in [-0.2, -0.15) is 4.98 Å². The van der Waals surface area contributed by atoms with Gasteiger partial charge in [-0.3, -0.25) is 0 Å². The molecule has 5 nitrogen and oxygen atoms in total. The first-order valence-corrected chi connectivity index (χ1v) is 3.61. The van der Waals surface area contributed by atoms with E-state index < -0.39 is 0 Å². The molecule has 0 aliphatic heterocycles. The topological polar surface area (TPSA) is 82.2 Å². The van der Waals surface area contributed by atoms with Crippen LogP contribution in [0.2, 0.25) is 0 Å². The summed E-state index contributed by atoms with van der Waals surface area (Å²) < 4.78 is 1.65. The molecule has 0 aliphatic rings. The second-order valence-corrected chi connectivity index (χ2v) is 2.46. The third kappa shape index (κ3) is 0.911. The molecule has 4 N–H and O–H groups in total. The van der Waals surface area contributed by atoms with Gasteiger partial charge in [0.05, 0.1) is 5.69 Å². The quantitative estimate of drug-likeness (QED) is 0.608. The second-order valence-electron chi connectivity index (χ2n) is 2.46. The Kier molecular flexibility index (Phi) is 1.44. The molecule has 0 aromatic carbocycles. The van der Waals surface area contributed by atoms with Crippen molar-refractivity contribution in [2.75, 3.05) is 5.73 Å². The molecular weight excluding hydrogens is 154 g/mol. The number of pyridine rings is 1. The fourth-order valence-corrected chi connectivity index (χ4v) is 1.13. The number of nitrogen functional groups attached to an aromatic ring is 1. The first-order valence-electron chi connectivity index (χ1n) is 3.61. The van der Waals surface area contributed by atoms with Crippen LogP contribution >= 0.6 is 0 Å². The van der Waals surface area contributed by atoms with Crippen LogP contribution < -0.4 is 11.5 Å². The van der Waals surface area contributed by atoms with E-state index in [1.54, 1.807) is 4.52 Å². The Balaban J connectivity index is 2.78. The average Bonchev–Trinajstić information content (AvgIpc) is 2.44.